The predicted octanol–water partition coefficient (Wildman–Crippen LogP) is 5.01. The van der Waals surface area contributed by atoms with Crippen molar-refractivity contribution in [2.75, 3.05) is 24.7 Å². The minimum atomic E-state index is -1.10. The first-order valence-electron chi connectivity index (χ1n) is 10.7. The Morgan fingerprint density at radius 1 is 1.15 bits per heavy atom. The molecule has 7 nitrogen and oxygen atoms in total. The number of hydrogen-bond acceptors (Lipinski definition) is 6. The summed E-state index contributed by atoms with van der Waals surface area (Å²) in [5, 5.41) is 15.8. The zero-order chi connectivity index (χ0) is 23.7. The molecule has 0 aliphatic heterocycles. The van der Waals surface area contributed by atoms with Gasteiger partial charge in [-0.25, -0.2) is 18.2 Å². The van der Waals surface area contributed by atoms with Crippen LogP contribution in [0.4, 0.5) is 24.8 Å². The van der Waals surface area contributed by atoms with Crippen molar-refractivity contribution in [3.8, 4) is 0 Å². The van der Waals surface area contributed by atoms with Crippen molar-refractivity contribution in [3.05, 3.63) is 52.3 Å². The maximum atomic E-state index is 14.6. The van der Waals surface area contributed by atoms with Crippen LogP contribution in [0.3, 0.4) is 0 Å². The van der Waals surface area contributed by atoms with Crippen LogP contribution >= 0.6 is 11.6 Å². The molecule has 4 rings (SSSR count). The number of nitrogens with zero attached hydrogens (tertiary/aromatic N) is 2. The Morgan fingerprint density at radius 3 is 2.61 bits per heavy atom. The molecule has 3 aromatic rings. The van der Waals surface area contributed by atoms with Crippen molar-refractivity contribution < 1.29 is 18.4 Å². The normalized spacial score (nSPS) is 19.8. The van der Waals surface area contributed by atoms with Crippen LogP contribution in [0.2, 0.25) is 5.02 Å². The highest BCUT2D eigenvalue weighted by Crippen LogP contribution is 2.31. The van der Waals surface area contributed by atoms with Crippen molar-refractivity contribution >= 4 is 34.3 Å². The van der Waals surface area contributed by atoms with Gasteiger partial charge in [0.25, 0.3) is 0 Å². The Kier molecular flexibility index (Phi) is 6.99. The van der Waals surface area contributed by atoms with Gasteiger partial charge in [0.1, 0.15) is 23.0 Å². The molecule has 0 spiro atoms. The first kappa shape index (κ1) is 23.6. The number of nitrogens with one attached hydrogen (secondary N) is 4. The summed E-state index contributed by atoms with van der Waals surface area (Å²) < 4.78 is 42.5. The second kappa shape index (κ2) is 9.76. The summed E-state index contributed by atoms with van der Waals surface area (Å²) in [6.07, 6.45) is 3.08. The van der Waals surface area contributed by atoms with Crippen molar-refractivity contribution in [1.29, 1.82) is 0 Å². The Morgan fingerprint density at radius 2 is 1.91 bits per heavy atom. The van der Waals surface area contributed by atoms with Crippen molar-refractivity contribution in [1.82, 2.24) is 20.3 Å². The van der Waals surface area contributed by atoms with E-state index < -0.39 is 23.6 Å². The van der Waals surface area contributed by atoms with E-state index in [2.05, 4.69) is 25.5 Å². The Bertz CT molecular complexity index is 1140. The molecule has 11 heteroatoms. The average Bonchev–Trinajstić information content (AvgIpc) is 3.21. The molecule has 0 radical (unpaired) electrons. The molecule has 0 bridgehead atoms. The van der Waals surface area contributed by atoms with Crippen LogP contribution < -0.4 is 16.1 Å². The molecule has 1 aromatic heterocycles. The number of rotatable bonds is 7. The number of anilines is 2. The SMILES string of the molecule is CN(C)[C@H]1CCCC[C@@H]1Nc1nc2c(C(NO)Nc3ccc(F)c(Cl)c3)cc(F)c(F)c2[nH]1. The molecule has 33 heavy (non-hydrogen) atoms. The van der Waals surface area contributed by atoms with Crippen LogP contribution in [0.15, 0.2) is 24.3 Å². The lowest BCUT2D eigenvalue weighted by Gasteiger charge is -2.36. The van der Waals surface area contributed by atoms with Crippen molar-refractivity contribution in [2.45, 2.75) is 43.9 Å². The van der Waals surface area contributed by atoms with E-state index in [-0.39, 0.29) is 33.7 Å². The number of likely N-dealkylation sites (N-methyl/N-ethyl adjacent to an activating group) is 1. The van der Waals surface area contributed by atoms with E-state index in [1.807, 2.05) is 19.6 Å². The lowest BCUT2D eigenvalue weighted by molar-refractivity contribution is 0.137. The van der Waals surface area contributed by atoms with Gasteiger partial charge < -0.3 is 25.7 Å². The molecule has 1 saturated carbocycles. The van der Waals surface area contributed by atoms with Gasteiger partial charge in [-0.15, -0.1) is 0 Å². The molecular formula is C22H26ClF3N6O. The van der Waals surface area contributed by atoms with Gasteiger partial charge in [0.15, 0.2) is 11.6 Å². The van der Waals surface area contributed by atoms with Gasteiger partial charge in [0.2, 0.25) is 5.95 Å². The zero-order valence-electron chi connectivity index (χ0n) is 18.2. The molecule has 178 valence electrons. The van der Waals surface area contributed by atoms with Gasteiger partial charge in [0, 0.05) is 23.3 Å². The van der Waals surface area contributed by atoms with E-state index >= 15 is 0 Å². The number of benzene rings is 2. The number of hydroxylamine groups is 1. The van der Waals surface area contributed by atoms with Crippen molar-refractivity contribution in [2.24, 2.45) is 0 Å². The van der Waals surface area contributed by atoms with Gasteiger partial charge in [-0.3, -0.25) is 0 Å². The van der Waals surface area contributed by atoms with E-state index in [9.17, 15) is 18.4 Å². The lowest BCUT2D eigenvalue weighted by Crippen LogP contribution is -2.45. The fourth-order valence-corrected chi connectivity index (χ4v) is 4.60. The number of imidazole rings is 1. The topological polar surface area (TPSA) is 88.2 Å². The summed E-state index contributed by atoms with van der Waals surface area (Å²) in [5.41, 5.74) is 2.57. The second-order valence-electron chi connectivity index (χ2n) is 8.47. The van der Waals surface area contributed by atoms with Gasteiger partial charge >= 0.3 is 0 Å². The Labute approximate surface area is 194 Å². The highest BCUT2D eigenvalue weighted by Gasteiger charge is 2.28. The molecule has 1 heterocycles. The molecule has 1 aliphatic rings. The predicted molar refractivity (Wildman–Crippen MR) is 122 cm³/mol. The molecular weight excluding hydrogens is 457 g/mol. The second-order valence-corrected chi connectivity index (χ2v) is 8.88. The minimum absolute atomic E-state index is 0.0944. The Hall–Kier alpha value is -2.53. The molecule has 1 unspecified atom stereocenters. The molecule has 2 aromatic carbocycles. The summed E-state index contributed by atoms with van der Waals surface area (Å²) in [6, 6.07) is 5.21. The molecule has 0 saturated heterocycles. The largest absolute Gasteiger partial charge is 0.364 e. The fraction of sp³-hybridized carbons (Fsp3) is 0.409. The monoisotopic (exact) mass is 482 g/mol. The summed E-state index contributed by atoms with van der Waals surface area (Å²) in [6.45, 7) is 0. The first-order chi connectivity index (χ1) is 15.8. The van der Waals surface area contributed by atoms with E-state index in [1.165, 1.54) is 12.1 Å². The van der Waals surface area contributed by atoms with E-state index in [1.54, 1.807) is 0 Å². The van der Waals surface area contributed by atoms with E-state index in [0.29, 0.717) is 11.6 Å². The summed E-state index contributed by atoms with van der Waals surface area (Å²) in [7, 11) is 4.03. The maximum absolute atomic E-state index is 14.6. The lowest BCUT2D eigenvalue weighted by atomic mass is 9.90. The standard InChI is InChI=1S/C22H26ClF3N6O/c1-32(2)17-6-4-3-5-16(17)28-22-29-19-12(10-15(25)18(26)20(19)30-22)21(31-33)27-11-7-8-14(24)13(23)9-11/h7-10,16-17,21,27,31,33H,3-6H2,1-2H3,(H2,28,29,30)/t16-,17-,21?/m0/s1. The number of H-pyrrole nitrogens is 1. The minimum Gasteiger partial charge on any atom is -0.364 e. The number of halogens is 4. The van der Waals surface area contributed by atoms with Crippen LogP contribution in [0, 0.1) is 17.5 Å². The summed E-state index contributed by atoms with van der Waals surface area (Å²) in [5.74, 6) is -2.46. The zero-order valence-corrected chi connectivity index (χ0v) is 19.0. The van der Waals surface area contributed by atoms with Crippen LogP contribution in [0.1, 0.15) is 37.4 Å². The van der Waals surface area contributed by atoms with E-state index in [4.69, 9.17) is 11.6 Å². The molecule has 5 N–H and O–H groups in total. The molecule has 0 amide bonds. The highest BCUT2D eigenvalue weighted by molar-refractivity contribution is 6.31. The van der Waals surface area contributed by atoms with E-state index in [0.717, 1.165) is 37.8 Å². The summed E-state index contributed by atoms with van der Waals surface area (Å²) >= 11 is 5.82. The van der Waals surface area contributed by atoms with Crippen LogP contribution in [0.25, 0.3) is 11.0 Å². The first-order valence-corrected chi connectivity index (χ1v) is 11.1. The number of aromatic nitrogens is 2. The Balaban J connectivity index is 1.68. The van der Waals surface area contributed by atoms with Gasteiger partial charge in [-0.05, 0) is 51.2 Å². The number of aromatic amines is 1. The van der Waals surface area contributed by atoms with Gasteiger partial charge in [-0.2, -0.15) is 5.48 Å². The van der Waals surface area contributed by atoms with Crippen LogP contribution in [-0.4, -0.2) is 46.3 Å². The quantitative estimate of drug-likeness (QED) is 0.240. The molecule has 1 aliphatic carbocycles. The summed E-state index contributed by atoms with van der Waals surface area (Å²) in [4.78, 5) is 9.47. The third-order valence-electron chi connectivity index (χ3n) is 6.07. The number of fused-ring (bicyclic) bond motifs is 1. The molecule has 1 fully saturated rings. The third kappa shape index (κ3) is 4.89. The van der Waals surface area contributed by atoms with Crippen molar-refractivity contribution in [3.63, 3.8) is 0 Å². The van der Waals surface area contributed by atoms with Crippen LogP contribution in [-0.2, 0) is 0 Å². The number of hydrogen-bond donors (Lipinski definition) is 5. The fourth-order valence-electron chi connectivity index (χ4n) is 4.42. The maximum Gasteiger partial charge on any atom is 0.201 e. The van der Waals surface area contributed by atoms with Gasteiger partial charge in [0.05, 0.1) is 5.02 Å². The highest BCUT2D eigenvalue weighted by atomic mass is 35.5. The average molecular weight is 483 g/mol. The smallest absolute Gasteiger partial charge is 0.201 e. The third-order valence-corrected chi connectivity index (χ3v) is 6.36. The van der Waals surface area contributed by atoms with Crippen LogP contribution in [0.5, 0.6) is 0 Å². The molecule has 3 atom stereocenters. The van der Waals surface area contributed by atoms with Gasteiger partial charge in [-0.1, -0.05) is 24.4 Å².